The number of nitrogens with two attached hydrogens (primary N) is 1. The van der Waals surface area contributed by atoms with Crippen molar-refractivity contribution in [1.29, 1.82) is 0 Å². The van der Waals surface area contributed by atoms with Crippen LogP contribution in [0.15, 0.2) is 11.8 Å². The van der Waals surface area contributed by atoms with Crippen molar-refractivity contribution < 1.29 is 4.74 Å². The molecule has 0 radical (unpaired) electrons. The number of rotatable bonds is 5. The van der Waals surface area contributed by atoms with Gasteiger partial charge in [-0.2, -0.15) is 0 Å². The molecule has 3 nitrogen and oxygen atoms in total. The summed E-state index contributed by atoms with van der Waals surface area (Å²) in [7, 11) is 0. The summed E-state index contributed by atoms with van der Waals surface area (Å²) in [6, 6.07) is 0. The van der Waals surface area contributed by atoms with Gasteiger partial charge in [0, 0.05) is 0 Å². The second kappa shape index (κ2) is 6.03. The van der Waals surface area contributed by atoms with E-state index < -0.39 is 0 Å². The lowest BCUT2D eigenvalue weighted by Crippen LogP contribution is -2.22. The van der Waals surface area contributed by atoms with Gasteiger partial charge in [-0.3, -0.25) is 0 Å². The lowest BCUT2D eigenvalue weighted by atomic mass is 10.2. The molecule has 0 aromatic heterocycles. The number of hydrogen-bond acceptors (Lipinski definition) is 3. The second-order valence-electron chi connectivity index (χ2n) is 2.98. The third-order valence-electron chi connectivity index (χ3n) is 1.86. The lowest BCUT2D eigenvalue weighted by Gasteiger charge is -2.15. The Morgan fingerprint density at radius 3 is 3.17 bits per heavy atom. The third-order valence-corrected chi connectivity index (χ3v) is 1.86. The first-order valence-corrected chi connectivity index (χ1v) is 4.66. The quantitative estimate of drug-likeness (QED) is 0.595. The van der Waals surface area contributed by atoms with E-state index in [1.165, 1.54) is 0 Å². The molecule has 0 atom stereocenters. The van der Waals surface area contributed by atoms with Crippen LogP contribution in [0.25, 0.3) is 0 Å². The number of nitrogens with one attached hydrogen (secondary N) is 1. The maximum atomic E-state index is 5.43. The summed E-state index contributed by atoms with van der Waals surface area (Å²) in [5.41, 5.74) is 5.36. The highest BCUT2D eigenvalue weighted by Gasteiger charge is 2.02. The third kappa shape index (κ3) is 3.74. The van der Waals surface area contributed by atoms with Crippen LogP contribution in [0.4, 0.5) is 0 Å². The van der Waals surface area contributed by atoms with Crippen molar-refractivity contribution in [2.24, 2.45) is 5.73 Å². The molecule has 0 bridgehead atoms. The summed E-state index contributed by atoms with van der Waals surface area (Å²) < 4.78 is 5.43. The fourth-order valence-electron chi connectivity index (χ4n) is 1.17. The summed E-state index contributed by atoms with van der Waals surface area (Å²) in [4.78, 5) is 0. The maximum Gasteiger partial charge on any atom is 0.106 e. The van der Waals surface area contributed by atoms with E-state index in [1.54, 1.807) is 0 Å². The smallest absolute Gasteiger partial charge is 0.106 e. The molecule has 0 aliphatic carbocycles. The van der Waals surface area contributed by atoms with E-state index in [-0.39, 0.29) is 0 Å². The number of hydrogen-bond donors (Lipinski definition) is 2. The Balaban J connectivity index is 2.01. The molecule has 0 unspecified atom stereocenters. The van der Waals surface area contributed by atoms with Gasteiger partial charge < -0.3 is 15.8 Å². The Bertz CT molecular complexity index is 145. The summed E-state index contributed by atoms with van der Waals surface area (Å²) in [5.74, 6) is 1.10. The SMILES string of the molecule is NCCCNCC1=CCCCO1. The lowest BCUT2D eigenvalue weighted by molar-refractivity contribution is 0.186. The van der Waals surface area contributed by atoms with Gasteiger partial charge in [0.15, 0.2) is 0 Å². The van der Waals surface area contributed by atoms with Crippen molar-refractivity contribution in [3.05, 3.63) is 11.8 Å². The normalized spacial score (nSPS) is 16.9. The molecule has 0 saturated carbocycles. The molecule has 0 spiro atoms. The topological polar surface area (TPSA) is 47.3 Å². The molecule has 1 aliphatic heterocycles. The van der Waals surface area contributed by atoms with Crippen LogP contribution in [0.3, 0.4) is 0 Å². The molecule has 0 amide bonds. The minimum Gasteiger partial charge on any atom is -0.497 e. The molecular weight excluding hydrogens is 152 g/mol. The van der Waals surface area contributed by atoms with Crippen LogP contribution in [0, 0.1) is 0 Å². The molecule has 0 aromatic rings. The van der Waals surface area contributed by atoms with Crippen molar-refractivity contribution in [2.45, 2.75) is 19.3 Å². The van der Waals surface area contributed by atoms with Gasteiger partial charge in [0.2, 0.25) is 0 Å². The largest absolute Gasteiger partial charge is 0.497 e. The zero-order valence-electron chi connectivity index (χ0n) is 7.51. The van der Waals surface area contributed by atoms with Gasteiger partial charge in [0.05, 0.1) is 13.2 Å². The van der Waals surface area contributed by atoms with Crippen LogP contribution in [0.5, 0.6) is 0 Å². The van der Waals surface area contributed by atoms with E-state index in [9.17, 15) is 0 Å². The highest BCUT2D eigenvalue weighted by molar-refractivity contribution is 4.97. The number of ether oxygens (including phenoxy) is 1. The van der Waals surface area contributed by atoms with Crippen molar-refractivity contribution >= 4 is 0 Å². The molecule has 70 valence electrons. The monoisotopic (exact) mass is 170 g/mol. The first-order chi connectivity index (χ1) is 5.93. The van der Waals surface area contributed by atoms with Crippen LogP contribution in [-0.2, 0) is 4.74 Å². The first-order valence-electron chi connectivity index (χ1n) is 4.66. The zero-order chi connectivity index (χ0) is 8.65. The number of allylic oxidation sites excluding steroid dienone is 1. The fraction of sp³-hybridized carbons (Fsp3) is 0.778. The Morgan fingerprint density at radius 1 is 1.58 bits per heavy atom. The van der Waals surface area contributed by atoms with Gasteiger partial charge in [-0.1, -0.05) is 0 Å². The van der Waals surface area contributed by atoms with Gasteiger partial charge in [0.1, 0.15) is 5.76 Å². The van der Waals surface area contributed by atoms with Crippen LogP contribution >= 0.6 is 0 Å². The average molecular weight is 170 g/mol. The first kappa shape index (κ1) is 9.55. The van der Waals surface area contributed by atoms with Gasteiger partial charge >= 0.3 is 0 Å². The highest BCUT2D eigenvalue weighted by Crippen LogP contribution is 2.07. The fourth-order valence-corrected chi connectivity index (χ4v) is 1.17. The molecule has 0 fully saturated rings. The van der Waals surface area contributed by atoms with Crippen molar-refractivity contribution in [3.8, 4) is 0 Å². The van der Waals surface area contributed by atoms with Gasteiger partial charge in [-0.05, 0) is 38.4 Å². The summed E-state index contributed by atoms with van der Waals surface area (Å²) in [6.45, 7) is 3.48. The van der Waals surface area contributed by atoms with Crippen LogP contribution < -0.4 is 11.1 Å². The minimum atomic E-state index is 0.757. The molecule has 12 heavy (non-hydrogen) atoms. The second-order valence-corrected chi connectivity index (χ2v) is 2.98. The van der Waals surface area contributed by atoms with E-state index in [1.807, 2.05) is 0 Å². The molecule has 0 aromatic carbocycles. The molecule has 1 heterocycles. The highest BCUT2D eigenvalue weighted by atomic mass is 16.5. The van der Waals surface area contributed by atoms with Crippen molar-refractivity contribution in [3.63, 3.8) is 0 Å². The van der Waals surface area contributed by atoms with Gasteiger partial charge in [-0.25, -0.2) is 0 Å². The Hall–Kier alpha value is -0.540. The van der Waals surface area contributed by atoms with Gasteiger partial charge in [-0.15, -0.1) is 0 Å². The average Bonchev–Trinajstić information content (AvgIpc) is 2.14. The Kier molecular flexibility index (Phi) is 4.80. The standard InChI is InChI=1S/C9H18N2O/c10-5-3-6-11-8-9-4-1-2-7-12-9/h4,11H,1-3,5-8,10H2. The molecule has 1 aliphatic rings. The van der Waals surface area contributed by atoms with E-state index in [4.69, 9.17) is 10.5 Å². The molecule has 1 rings (SSSR count). The van der Waals surface area contributed by atoms with Crippen molar-refractivity contribution in [2.75, 3.05) is 26.2 Å². The predicted molar refractivity (Wildman–Crippen MR) is 49.8 cm³/mol. The molecule has 3 N–H and O–H groups in total. The van der Waals surface area contributed by atoms with Crippen LogP contribution in [-0.4, -0.2) is 26.2 Å². The van der Waals surface area contributed by atoms with E-state index in [0.29, 0.717) is 0 Å². The predicted octanol–water partition coefficient (Wildman–Crippen LogP) is 0.619. The van der Waals surface area contributed by atoms with Gasteiger partial charge in [0.25, 0.3) is 0 Å². The summed E-state index contributed by atoms with van der Waals surface area (Å²) in [5, 5.41) is 3.28. The van der Waals surface area contributed by atoms with E-state index >= 15 is 0 Å². The molecule has 3 heteroatoms. The van der Waals surface area contributed by atoms with E-state index in [0.717, 1.165) is 51.3 Å². The zero-order valence-corrected chi connectivity index (χ0v) is 7.51. The summed E-state index contributed by atoms with van der Waals surface area (Å²) in [6.07, 6.45) is 5.52. The Labute approximate surface area is 74.0 Å². The van der Waals surface area contributed by atoms with E-state index in [2.05, 4.69) is 11.4 Å². The molecular formula is C9H18N2O. The summed E-state index contributed by atoms with van der Waals surface area (Å²) >= 11 is 0. The maximum absolute atomic E-state index is 5.43. The van der Waals surface area contributed by atoms with Crippen LogP contribution in [0.1, 0.15) is 19.3 Å². The van der Waals surface area contributed by atoms with Crippen molar-refractivity contribution in [1.82, 2.24) is 5.32 Å². The Morgan fingerprint density at radius 2 is 2.50 bits per heavy atom. The minimum absolute atomic E-state index is 0.757. The molecule has 0 saturated heterocycles. The van der Waals surface area contributed by atoms with Crippen LogP contribution in [0.2, 0.25) is 0 Å².